The second-order valence-electron chi connectivity index (χ2n) is 7.32. The molecule has 0 atom stereocenters. The predicted octanol–water partition coefficient (Wildman–Crippen LogP) is 3.17. The molecule has 1 N–H and O–H groups in total. The van der Waals surface area contributed by atoms with Gasteiger partial charge in [-0.2, -0.15) is 5.10 Å². The number of hydrogen-bond donors (Lipinski definition) is 1. The molecule has 200 valence electrons. The molecule has 16 heteroatoms. The van der Waals surface area contributed by atoms with Crippen LogP contribution >= 0.6 is 0 Å². The van der Waals surface area contributed by atoms with Crippen molar-refractivity contribution in [2.45, 2.75) is 0 Å². The summed E-state index contributed by atoms with van der Waals surface area (Å²) in [6.45, 7) is -0.761. The number of benzene rings is 3. The van der Waals surface area contributed by atoms with E-state index in [-0.39, 0.29) is 28.3 Å². The molecule has 3 aromatic carbocycles. The molecule has 0 fully saturated rings. The summed E-state index contributed by atoms with van der Waals surface area (Å²) in [4.78, 5) is 55.3. The molecule has 0 heterocycles. The van der Waals surface area contributed by atoms with E-state index >= 15 is 0 Å². The Morgan fingerprint density at radius 2 is 1.56 bits per heavy atom. The topological polar surface area (TPSA) is 216 Å². The molecular formula is C23H17N5O11. The number of rotatable bonds is 11. The average molecular weight is 539 g/mol. The van der Waals surface area contributed by atoms with Crippen LogP contribution in [-0.4, -0.2) is 46.6 Å². The van der Waals surface area contributed by atoms with Gasteiger partial charge < -0.3 is 14.2 Å². The highest BCUT2D eigenvalue weighted by Crippen LogP contribution is 2.40. The van der Waals surface area contributed by atoms with E-state index in [4.69, 9.17) is 14.2 Å². The first kappa shape index (κ1) is 27.7. The summed E-state index contributed by atoms with van der Waals surface area (Å²) >= 11 is 0. The first-order chi connectivity index (χ1) is 18.6. The van der Waals surface area contributed by atoms with Gasteiger partial charge in [-0.25, -0.2) is 10.2 Å². The average Bonchev–Trinajstić information content (AvgIpc) is 2.92. The van der Waals surface area contributed by atoms with E-state index < -0.39 is 50.4 Å². The first-order valence-electron chi connectivity index (χ1n) is 10.6. The zero-order chi connectivity index (χ0) is 28.5. The number of amides is 1. The van der Waals surface area contributed by atoms with Crippen LogP contribution in [0.15, 0.2) is 65.8 Å². The summed E-state index contributed by atoms with van der Waals surface area (Å²) in [7, 11) is 1.12. The second-order valence-corrected chi connectivity index (χ2v) is 7.32. The number of ether oxygens (including phenoxy) is 3. The minimum absolute atomic E-state index is 0.0635. The van der Waals surface area contributed by atoms with E-state index in [1.54, 1.807) is 12.1 Å². The van der Waals surface area contributed by atoms with Crippen LogP contribution in [0.2, 0.25) is 0 Å². The molecule has 0 unspecified atom stereocenters. The Morgan fingerprint density at radius 1 is 0.897 bits per heavy atom. The molecule has 0 aliphatic rings. The highest BCUT2D eigenvalue weighted by Gasteiger charge is 2.27. The quantitative estimate of drug-likeness (QED) is 0.123. The van der Waals surface area contributed by atoms with Crippen LogP contribution in [0.1, 0.15) is 15.9 Å². The monoisotopic (exact) mass is 539 g/mol. The van der Waals surface area contributed by atoms with Crippen LogP contribution in [0.4, 0.5) is 17.1 Å². The molecule has 0 radical (unpaired) electrons. The van der Waals surface area contributed by atoms with Crippen molar-refractivity contribution in [2.24, 2.45) is 5.10 Å². The van der Waals surface area contributed by atoms with Crippen molar-refractivity contribution < 1.29 is 38.6 Å². The van der Waals surface area contributed by atoms with Gasteiger partial charge in [-0.15, -0.1) is 0 Å². The number of methoxy groups -OCH3 is 1. The Morgan fingerprint density at radius 3 is 2.18 bits per heavy atom. The third-order valence-electron chi connectivity index (χ3n) is 4.82. The number of non-ortho nitro benzene ring substituents is 2. The van der Waals surface area contributed by atoms with Gasteiger partial charge in [0.05, 0.1) is 45.8 Å². The van der Waals surface area contributed by atoms with Gasteiger partial charge in [0, 0.05) is 17.7 Å². The summed E-state index contributed by atoms with van der Waals surface area (Å²) in [5, 5.41) is 36.8. The van der Waals surface area contributed by atoms with Crippen molar-refractivity contribution in [3.8, 4) is 17.2 Å². The number of hydrogen-bond acceptors (Lipinski definition) is 12. The molecular weight excluding hydrogens is 522 g/mol. The lowest BCUT2D eigenvalue weighted by Gasteiger charge is -2.10. The molecule has 0 bridgehead atoms. The van der Waals surface area contributed by atoms with Crippen molar-refractivity contribution in [2.75, 3.05) is 13.7 Å². The van der Waals surface area contributed by atoms with Crippen molar-refractivity contribution in [1.29, 1.82) is 0 Å². The lowest BCUT2D eigenvalue weighted by Crippen LogP contribution is -2.25. The standard InChI is InChI=1S/C23H17N5O11/c1-37-20-11-17(27(33)34)10-18(28(35)36)22(20)38-13-21(29)25-24-12-15-4-2-3-5-19(15)39-23(30)14-6-8-16(9-7-14)26(31)32/h2-12H,13H2,1H3,(H,25,29)/b24-12-. The van der Waals surface area contributed by atoms with Gasteiger partial charge in [-0.1, -0.05) is 12.1 Å². The summed E-state index contributed by atoms with van der Waals surface area (Å²) < 4.78 is 15.4. The maximum Gasteiger partial charge on any atom is 0.343 e. The van der Waals surface area contributed by atoms with Crippen molar-refractivity contribution in [3.05, 3.63) is 102 Å². The Bertz CT molecular complexity index is 1470. The van der Waals surface area contributed by atoms with Crippen LogP contribution in [-0.2, 0) is 4.79 Å². The SMILES string of the molecule is COc1cc([N+](=O)[O-])cc([N+](=O)[O-])c1OCC(=O)N/N=C\c1ccccc1OC(=O)c1ccc([N+](=O)[O-])cc1. The summed E-state index contributed by atoms with van der Waals surface area (Å²) in [5.41, 5.74) is 0.897. The number of nitro groups is 3. The van der Waals surface area contributed by atoms with Gasteiger partial charge in [-0.3, -0.25) is 35.1 Å². The summed E-state index contributed by atoms with van der Waals surface area (Å²) in [6, 6.07) is 12.5. The Labute approximate surface area is 217 Å². The van der Waals surface area contributed by atoms with Crippen LogP contribution < -0.4 is 19.6 Å². The zero-order valence-corrected chi connectivity index (χ0v) is 19.8. The number of nitro benzene ring substituents is 3. The van der Waals surface area contributed by atoms with Gasteiger partial charge in [-0.05, 0) is 24.3 Å². The molecule has 0 aliphatic heterocycles. The predicted molar refractivity (Wildman–Crippen MR) is 132 cm³/mol. The van der Waals surface area contributed by atoms with Gasteiger partial charge >= 0.3 is 11.7 Å². The van der Waals surface area contributed by atoms with Crippen molar-refractivity contribution in [1.82, 2.24) is 5.43 Å². The van der Waals surface area contributed by atoms with Gasteiger partial charge in [0.15, 0.2) is 12.4 Å². The molecule has 3 aromatic rings. The zero-order valence-electron chi connectivity index (χ0n) is 19.8. The number of carbonyl (C=O) groups excluding carboxylic acids is 2. The van der Waals surface area contributed by atoms with Crippen molar-refractivity contribution in [3.63, 3.8) is 0 Å². The van der Waals surface area contributed by atoms with Crippen LogP contribution in [0.5, 0.6) is 17.2 Å². The maximum absolute atomic E-state index is 12.4. The van der Waals surface area contributed by atoms with Gasteiger partial charge in [0.1, 0.15) is 5.75 Å². The van der Waals surface area contributed by atoms with E-state index in [1.165, 1.54) is 24.3 Å². The lowest BCUT2D eigenvalue weighted by atomic mass is 10.2. The number of carbonyl (C=O) groups is 2. The highest BCUT2D eigenvalue weighted by atomic mass is 16.6. The van der Waals surface area contributed by atoms with Gasteiger partial charge in [0.25, 0.3) is 17.3 Å². The molecule has 0 saturated carbocycles. The molecule has 16 nitrogen and oxygen atoms in total. The Kier molecular flexibility index (Phi) is 8.76. The second kappa shape index (κ2) is 12.3. The summed E-state index contributed by atoms with van der Waals surface area (Å²) in [6.07, 6.45) is 1.16. The van der Waals surface area contributed by atoms with E-state index in [0.29, 0.717) is 6.07 Å². The van der Waals surface area contributed by atoms with Crippen LogP contribution in [0.25, 0.3) is 0 Å². The normalized spacial score (nSPS) is 10.5. The molecule has 39 heavy (non-hydrogen) atoms. The Balaban J connectivity index is 1.66. The third kappa shape index (κ3) is 7.06. The largest absolute Gasteiger partial charge is 0.492 e. The number of para-hydroxylation sites is 1. The number of esters is 1. The molecule has 0 aromatic heterocycles. The van der Waals surface area contributed by atoms with E-state index in [2.05, 4.69) is 10.5 Å². The maximum atomic E-state index is 12.4. The Hall–Kier alpha value is -5.93. The molecule has 0 saturated heterocycles. The van der Waals surface area contributed by atoms with Gasteiger partial charge in [0.2, 0.25) is 5.75 Å². The molecule has 0 aliphatic carbocycles. The molecule has 3 rings (SSSR count). The number of hydrazone groups is 1. The van der Waals surface area contributed by atoms with E-state index in [1.807, 2.05) is 0 Å². The minimum atomic E-state index is -0.921. The van der Waals surface area contributed by atoms with Crippen LogP contribution in [0, 0.1) is 30.3 Å². The smallest absolute Gasteiger partial charge is 0.343 e. The first-order valence-corrected chi connectivity index (χ1v) is 10.6. The molecule has 1 amide bonds. The third-order valence-corrected chi connectivity index (χ3v) is 4.82. The fraction of sp³-hybridized carbons (Fsp3) is 0.0870. The molecule has 0 spiro atoms. The van der Waals surface area contributed by atoms with Crippen LogP contribution in [0.3, 0.4) is 0 Å². The highest BCUT2D eigenvalue weighted by molar-refractivity contribution is 5.93. The fourth-order valence-corrected chi connectivity index (χ4v) is 3.01. The van der Waals surface area contributed by atoms with E-state index in [0.717, 1.165) is 31.5 Å². The lowest BCUT2D eigenvalue weighted by molar-refractivity contribution is -0.394. The summed E-state index contributed by atoms with van der Waals surface area (Å²) in [5.74, 6) is -2.38. The fourth-order valence-electron chi connectivity index (χ4n) is 3.01. The minimum Gasteiger partial charge on any atom is -0.492 e. The number of nitrogens with zero attached hydrogens (tertiary/aromatic N) is 4. The number of nitrogens with one attached hydrogen (secondary N) is 1. The van der Waals surface area contributed by atoms with Crippen molar-refractivity contribution >= 4 is 35.2 Å². The van der Waals surface area contributed by atoms with E-state index in [9.17, 15) is 39.9 Å².